The topological polar surface area (TPSA) is 29.3 Å². The summed E-state index contributed by atoms with van der Waals surface area (Å²) in [7, 11) is 2.17. The Hall–Kier alpha value is -0.860. The van der Waals surface area contributed by atoms with Crippen molar-refractivity contribution in [2.45, 2.75) is 20.3 Å². The molecule has 1 aromatic rings. The molecule has 0 aliphatic heterocycles. The largest absolute Gasteiger partial charge is 0.330 e. The second kappa shape index (κ2) is 6.66. The average molecular weight is 220 g/mol. The van der Waals surface area contributed by atoms with Crippen LogP contribution in [0.15, 0.2) is 24.3 Å². The Labute approximate surface area is 99.5 Å². The standard InChI is InChI=1S/C14H24N2/c1-12-4-6-14(7-5-12)8-9-16(3)11-13(2)10-15/h4-7,13H,8-11,15H2,1-3H3. The van der Waals surface area contributed by atoms with Crippen LogP contribution in [-0.2, 0) is 6.42 Å². The van der Waals surface area contributed by atoms with E-state index < -0.39 is 0 Å². The first kappa shape index (κ1) is 13.2. The van der Waals surface area contributed by atoms with Crippen molar-refractivity contribution in [3.63, 3.8) is 0 Å². The van der Waals surface area contributed by atoms with Gasteiger partial charge < -0.3 is 10.6 Å². The molecule has 1 atom stereocenters. The fraction of sp³-hybridized carbons (Fsp3) is 0.571. The number of hydrogen-bond acceptors (Lipinski definition) is 2. The summed E-state index contributed by atoms with van der Waals surface area (Å²) in [6.45, 7) is 7.28. The van der Waals surface area contributed by atoms with Gasteiger partial charge in [0.2, 0.25) is 0 Å². The molecule has 0 aliphatic rings. The van der Waals surface area contributed by atoms with E-state index in [4.69, 9.17) is 5.73 Å². The van der Waals surface area contributed by atoms with Crippen molar-refractivity contribution in [2.75, 3.05) is 26.7 Å². The van der Waals surface area contributed by atoms with Gasteiger partial charge in [-0.2, -0.15) is 0 Å². The molecule has 0 amide bonds. The molecule has 0 fully saturated rings. The van der Waals surface area contributed by atoms with E-state index in [1.54, 1.807) is 0 Å². The van der Waals surface area contributed by atoms with Gasteiger partial charge in [-0.15, -0.1) is 0 Å². The van der Waals surface area contributed by atoms with Gasteiger partial charge in [-0.3, -0.25) is 0 Å². The van der Waals surface area contributed by atoms with Crippen LogP contribution in [0.25, 0.3) is 0 Å². The van der Waals surface area contributed by atoms with E-state index in [-0.39, 0.29) is 0 Å². The van der Waals surface area contributed by atoms with Gasteiger partial charge >= 0.3 is 0 Å². The summed E-state index contributed by atoms with van der Waals surface area (Å²) in [5, 5.41) is 0. The summed E-state index contributed by atoms with van der Waals surface area (Å²) >= 11 is 0. The van der Waals surface area contributed by atoms with Gasteiger partial charge in [-0.1, -0.05) is 36.8 Å². The number of nitrogens with zero attached hydrogens (tertiary/aromatic N) is 1. The van der Waals surface area contributed by atoms with Crippen molar-refractivity contribution in [1.82, 2.24) is 4.90 Å². The molecule has 2 nitrogen and oxygen atoms in total. The van der Waals surface area contributed by atoms with E-state index in [9.17, 15) is 0 Å². The van der Waals surface area contributed by atoms with E-state index in [1.807, 2.05) is 0 Å². The number of nitrogens with two attached hydrogens (primary N) is 1. The molecular formula is C14H24N2. The second-order valence-corrected chi connectivity index (χ2v) is 4.84. The maximum Gasteiger partial charge on any atom is 0.00189 e. The van der Waals surface area contributed by atoms with Gasteiger partial charge in [0.25, 0.3) is 0 Å². The summed E-state index contributed by atoms with van der Waals surface area (Å²) < 4.78 is 0. The number of aryl methyl sites for hydroxylation is 1. The summed E-state index contributed by atoms with van der Waals surface area (Å²) in [5.74, 6) is 0.586. The minimum absolute atomic E-state index is 0.586. The number of benzene rings is 1. The fourth-order valence-electron chi connectivity index (χ4n) is 1.77. The first-order valence-electron chi connectivity index (χ1n) is 6.06. The maximum atomic E-state index is 5.62. The third kappa shape index (κ3) is 4.77. The summed E-state index contributed by atoms with van der Waals surface area (Å²) in [6.07, 6.45) is 1.12. The van der Waals surface area contributed by atoms with Crippen LogP contribution in [0.2, 0.25) is 0 Å². The molecular weight excluding hydrogens is 196 g/mol. The van der Waals surface area contributed by atoms with Gasteiger partial charge in [0.05, 0.1) is 0 Å². The first-order chi connectivity index (χ1) is 7.61. The monoisotopic (exact) mass is 220 g/mol. The van der Waals surface area contributed by atoms with Gasteiger partial charge in [0.15, 0.2) is 0 Å². The van der Waals surface area contributed by atoms with E-state index in [0.717, 1.165) is 26.1 Å². The Bertz CT molecular complexity index is 292. The van der Waals surface area contributed by atoms with E-state index in [0.29, 0.717) is 5.92 Å². The minimum Gasteiger partial charge on any atom is -0.330 e. The smallest absolute Gasteiger partial charge is 0.00189 e. The Morgan fingerprint density at radius 2 is 1.88 bits per heavy atom. The van der Waals surface area contributed by atoms with Crippen molar-refractivity contribution in [1.29, 1.82) is 0 Å². The fourth-order valence-corrected chi connectivity index (χ4v) is 1.77. The third-order valence-electron chi connectivity index (χ3n) is 2.93. The minimum atomic E-state index is 0.586. The van der Waals surface area contributed by atoms with Crippen LogP contribution >= 0.6 is 0 Å². The molecule has 90 valence electrons. The average Bonchev–Trinajstić information content (AvgIpc) is 2.28. The lowest BCUT2D eigenvalue weighted by molar-refractivity contribution is 0.292. The summed E-state index contributed by atoms with van der Waals surface area (Å²) in [4.78, 5) is 2.36. The zero-order valence-electron chi connectivity index (χ0n) is 10.7. The zero-order chi connectivity index (χ0) is 12.0. The highest BCUT2D eigenvalue weighted by Crippen LogP contribution is 2.05. The van der Waals surface area contributed by atoms with Crippen LogP contribution in [0.5, 0.6) is 0 Å². The number of rotatable bonds is 6. The highest BCUT2D eigenvalue weighted by Gasteiger charge is 2.04. The van der Waals surface area contributed by atoms with Crippen LogP contribution in [-0.4, -0.2) is 31.6 Å². The molecule has 1 aromatic carbocycles. The highest BCUT2D eigenvalue weighted by atomic mass is 15.1. The summed E-state index contributed by atoms with van der Waals surface area (Å²) in [5.41, 5.74) is 8.36. The van der Waals surface area contributed by atoms with Crippen molar-refractivity contribution >= 4 is 0 Å². The van der Waals surface area contributed by atoms with Crippen LogP contribution in [0.4, 0.5) is 0 Å². The van der Waals surface area contributed by atoms with Crippen LogP contribution in [0.1, 0.15) is 18.1 Å². The van der Waals surface area contributed by atoms with Gasteiger partial charge in [0.1, 0.15) is 0 Å². The molecule has 1 rings (SSSR count). The lowest BCUT2D eigenvalue weighted by Gasteiger charge is -2.20. The molecule has 2 heteroatoms. The molecule has 0 saturated heterocycles. The van der Waals surface area contributed by atoms with E-state index in [2.05, 4.69) is 50.1 Å². The molecule has 0 aliphatic carbocycles. The molecule has 0 saturated carbocycles. The normalized spacial score (nSPS) is 13.1. The van der Waals surface area contributed by atoms with Gasteiger partial charge in [-0.25, -0.2) is 0 Å². The van der Waals surface area contributed by atoms with E-state index >= 15 is 0 Å². The van der Waals surface area contributed by atoms with Crippen molar-refractivity contribution in [2.24, 2.45) is 11.7 Å². The third-order valence-corrected chi connectivity index (χ3v) is 2.93. The molecule has 0 radical (unpaired) electrons. The molecule has 0 aromatic heterocycles. The molecule has 16 heavy (non-hydrogen) atoms. The van der Waals surface area contributed by atoms with Crippen LogP contribution in [0, 0.1) is 12.8 Å². The first-order valence-corrected chi connectivity index (χ1v) is 6.06. The Morgan fingerprint density at radius 3 is 2.44 bits per heavy atom. The van der Waals surface area contributed by atoms with Crippen molar-refractivity contribution in [3.8, 4) is 0 Å². The van der Waals surface area contributed by atoms with Crippen molar-refractivity contribution < 1.29 is 0 Å². The molecule has 1 unspecified atom stereocenters. The quantitative estimate of drug-likeness (QED) is 0.795. The van der Waals surface area contributed by atoms with Crippen LogP contribution < -0.4 is 5.73 Å². The predicted octanol–water partition coefficient (Wildman–Crippen LogP) is 2.06. The molecule has 0 spiro atoms. The Kier molecular flexibility index (Phi) is 5.50. The molecule has 0 heterocycles. The van der Waals surface area contributed by atoms with Crippen molar-refractivity contribution in [3.05, 3.63) is 35.4 Å². The Balaban J connectivity index is 2.31. The van der Waals surface area contributed by atoms with Gasteiger partial charge in [-0.05, 0) is 38.4 Å². The number of likely N-dealkylation sites (N-methyl/N-ethyl adjacent to an activating group) is 1. The predicted molar refractivity (Wildman–Crippen MR) is 70.6 cm³/mol. The zero-order valence-corrected chi connectivity index (χ0v) is 10.7. The lowest BCUT2D eigenvalue weighted by atomic mass is 10.1. The maximum absolute atomic E-state index is 5.62. The SMILES string of the molecule is Cc1ccc(CCN(C)CC(C)CN)cc1. The lowest BCUT2D eigenvalue weighted by Crippen LogP contribution is -2.29. The second-order valence-electron chi connectivity index (χ2n) is 4.84. The van der Waals surface area contributed by atoms with Gasteiger partial charge in [0, 0.05) is 13.1 Å². The molecule has 0 bridgehead atoms. The van der Waals surface area contributed by atoms with Crippen LogP contribution in [0.3, 0.4) is 0 Å². The molecule has 2 N–H and O–H groups in total. The highest BCUT2D eigenvalue weighted by molar-refractivity contribution is 5.21. The Morgan fingerprint density at radius 1 is 1.25 bits per heavy atom. The summed E-state index contributed by atoms with van der Waals surface area (Å²) in [6, 6.07) is 8.79. The number of hydrogen-bond donors (Lipinski definition) is 1. The van der Waals surface area contributed by atoms with E-state index in [1.165, 1.54) is 11.1 Å².